The summed E-state index contributed by atoms with van der Waals surface area (Å²) in [5.41, 5.74) is -5.07. The summed E-state index contributed by atoms with van der Waals surface area (Å²) in [6.07, 6.45) is -8.08. The summed E-state index contributed by atoms with van der Waals surface area (Å²) in [6, 6.07) is 14.2. The van der Waals surface area contributed by atoms with Crippen LogP contribution in [0.5, 0.6) is 5.75 Å². The molecule has 3 aliphatic heterocycles. The number of allylic oxidation sites excluding steroid dienone is 1. The number of anilines is 1. The van der Waals surface area contributed by atoms with Crippen molar-refractivity contribution in [2.45, 2.75) is 63.3 Å². The normalized spacial score (nSPS) is 20.5. The van der Waals surface area contributed by atoms with Crippen LogP contribution < -0.4 is 15.0 Å². The van der Waals surface area contributed by atoms with E-state index in [9.17, 15) is 40.7 Å². The van der Waals surface area contributed by atoms with Gasteiger partial charge in [-0.1, -0.05) is 60.7 Å². The molecule has 0 bridgehead atoms. The lowest BCUT2D eigenvalue weighted by Gasteiger charge is -2.42. The first kappa shape index (κ1) is 40.5. The quantitative estimate of drug-likeness (QED) is 0.190. The number of nitrogens with zero attached hydrogens (tertiary/aromatic N) is 3. The fourth-order valence-corrected chi connectivity index (χ4v) is 7.14. The van der Waals surface area contributed by atoms with Crippen molar-refractivity contribution in [3.8, 4) is 5.75 Å². The maximum Gasteiger partial charge on any atom is 0.430 e. The summed E-state index contributed by atoms with van der Waals surface area (Å²) in [5, 5.41) is 2.70. The standard InChI is InChI=1S/C38H38F6N4O5.H2S/c1-4-8-27-19-29(36(37(39,40)41,38(42,43)44)53-23-25-9-6-5-7-10-25)13-14-30(27)47-17-16-46(21-24(47)2)32(49)22-48-33(50)35(3,45-34(48)51)28-12-11-26-15-18-52-31(26)20-28;/h4-14,19-20,24H,15-18,21-23H2,1-3H3,(H,45,51);1H2/t24-,35?;/m0./s1. The van der Waals surface area contributed by atoms with E-state index < -0.39 is 66.1 Å². The third kappa shape index (κ3) is 7.25. The summed E-state index contributed by atoms with van der Waals surface area (Å²) in [7, 11) is 0. The molecule has 2 saturated heterocycles. The molecule has 6 rings (SSSR count). The maximum absolute atomic E-state index is 14.6. The molecule has 0 aliphatic carbocycles. The molecular formula is C38H40F6N4O5S. The molecule has 54 heavy (non-hydrogen) atoms. The molecule has 0 saturated carbocycles. The van der Waals surface area contributed by atoms with Crippen molar-refractivity contribution in [3.63, 3.8) is 0 Å². The van der Waals surface area contributed by atoms with Crippen molar-refractivity contribution in [1.82, 2.24) is 15.1 Å². The van der Waals surface area contributed by atoms with Crippen molar-refractivity contribution in [2.75, 3.05) is 37.7 Å². The van der Waals surface area contributed by atoms with Gasteiger partial charge in [0, 0.05) is 43.3 Å². The van der Waals surface area contributed by atoms with Gasteiger partial charge in [-0.15, -0.1) is 0 Å². The lowest BCUT2D eigenvalue weighted by atomic mass is 9.89. The highest BCUT2D eigenvalue weighted by atomic mass is 32.1. The van der Waals surface area contributed by atoms with E-state index in [2.05, 4.69) is 5.32 Å². The van der Waals surface area contributed by atoms with E-state index in [0.29, 0.717) is 23.6 Å². The minimum atomic E-state index is -5.87. The van der Waals surface area contributed by atoms with E-state index in [0.717, 1.165) is 29.0 Å². The summed E-state index contributed by atoms with van der Waals surface area (Å²) in [6.45, 7) is 4.34. The summed E-state index contributed by atoms with van der Waals surface area (Å²) in [4.78, 5) is 44.2. The summed E-state index contributed by atoms with van der Waals surface area (Å²) in [5.74, 6) is -0.463. The van der Waals surface area contributed by atoms with Gasteiger partial charge in [-0.3, -0.25) is 14.5 Å². The van der Waals surface area contributed by atoms with E-state index >= 15 is 0 Å². The second kappa shape index (κ2) is 15.2. The van der Waals surface area contributed by atoms with Gasteiger partial charge in [-0.25, -0.2) is 4.79 Å². The van der Waals surface area contributed by atoms with Crippen molar-refractivity contribution in [3.05, 3.63) is 101 Å². The highest BCUT2D eigenvalue weighted by Crippen LogP contribution is 2.54. The van der Waals surface area contributed by atoms with Crippen LogP contribution >= 0.6 is 13.5 Å². The van der Waals surface area contributed by atoms with E-state index in [-0.39, 0.29) is 44.3 Å². The van der Waals surface area contributed by atoms with Crippen molar-refractivity contribution in [1.29, 1.82) is 0 Å². The highest BCUT2D eigenvalue weighted by molar-refractivity contribution is 7.59. The number of nitrogens with one attached hydrogen (secondary N) is 1. The maximum atomic E-state index is 14.6. The fraction of sp³-hybridized carbons (Fsp3) is 0.395. The third-order valence-electron chi connectivity index (χ3n) is 10.0. The largest absolute Gasteiger partial charge is 0.493 e. The highest BCUT2D eigenvalue weighted by Gasteiger charge is 2.73. The number of fused-ring (bicyclic) bond motifs is 1. The Morgan fingerprint density at radius 1 is 1.00 bits per heavy atom. The van der Waals surface area contributed by atoms with Crippen LogP contribution in [0, 0.1) is 0 Å². The van der Waals surface area contributed by atoms with E-state index in [1.54, 1.807) is 43.9 Å². The Morgan fingerprint density at radius 3 is 2.35 bits per heavy atom. The number of rotatable bonds is 9. The van der Waals surface area contributed by atoms with Crippen LogP contribution in [-0.4, -0.2) is 78.8 Å². The molecular weight excluding hydrogens is 738 g/mol. The molecule has 2 fully saturated rings. The topological polar surface area (TPSA) is 91.4 Å². The number of carbonyl (C=O) groups is 3. The van der Waals surface area contributed by atoms with Crippen LogP contribution in [0.2, 0.25) is 0 Å². The van der Waals surface area contributed by atoms with Gasteiger partial charge in [-0.2, -0.15) is 39.8 Å². The van der Waals surface area contributed by atoms with Gasteiger partial charge in [0.1, 0.15) is 17.8 Å². The summed E-state index contributed by atoms with van der Waals surface area (Å²) >= 11 is 0. The molecule has 16 heteroatoms. The number of carbonyl (C=O) groups excluding carboxylic acids is 3. The Labute approximate surface area is 315 Å². The second-order valence-electron chi connectivity index (χ2n) is 13.5. The number of amides is 4. The minimum Gasteiger partial charge on any atom is -0.493 e. The van der Waals surface area contributed by atoms with Crippen LogP contribution in [-0.2, 0) is 38.5 Å². The van der Waals surface area contributed by atoms with Crippen LogP contribution in [0.15, 0.2) is 72.8 Å². The van der Waals surface area contributed by atoms with Crippen LogP contribution in [0.1, 0.15) is 48.6 Å². The third-order valence-corrected chi connectivity index (χ3v) is 10.0. The first-order valence-corrected chi connectivity index (χ1v) is 17.0. The molecule has 1 N–H and O–H groups in total. The van der Waals surface area contributed by atoms with Gasteiger partial charge >= 0.3 is 18.4 Å². The minimum absolute atomic E-state index is 0. The Kier molecular flexibility index (Phi) is 11.4. The average Bonchev–Trinajstić information content (AvgIpc) is 3.66. The van der Waals surface area contributed by atoms with Gasteiger partial charge < -0.3 is 24.6 Å². The van der Waals surface area contributed by atoms with Gasteiger partial charge in [-0.05, 0) is 61.2 Å². The Morgan fingerprint density at radius 2 is 1.70 bits per heavy atom. The van der Waals surface area contributed by atoms with E-state index in [1.165, 1.54) is 47.4 Å². The predicted molar refractivity (Wildman–Crippen MR) is 193 cm³/mol. The number of urea groups is 1. The van der Waals surface area contributed by atoms with Gasteiger partial charge in [0.15, 0.2) is 0 Å². The monoisotopic (exact) mass is 778 g/mol. The number of ether oxygens (including phenoxy) is 2. The number of alkyl halides is 6. The van der Waals surface area contributed by atoms with Crippen molar-refractivity contribution < 1.29 is 50.2 Å². The van der Waals surface area contributed by atoms with Crippen molar-refractivity contribution >= 4 is 43.1 Å². The van der Waals surface area contributed by atoms with Gasteiger partial charge in [0.25, 0.3) is 11.5 Å². The Bertz CT molecular complexity index is 1910. The molecule has 0 spiro atoms. The van der Waals surface area contributed by atoms with Crippen LogP contribution in [0.4, 0.5) is 36.8 Å². The first-order valence-electron chi connectivity index (χ1n) is 17.0. The number of imide groups is 1. The second-order valence-corrected chi connectivity index (χ2v) is 13.5. The number of hydrogen-bond donors (Lipinski definition) is 1. The number of halogens is 6. The fourth-order valence-electron chi connectivity index (χ4n) is 7.14. The van der Waals surface area contributed by atoms with Crippen molar-refractivity contribution in [2.24, 2.45) is 0 Å². The van der Waals surface area contributed by atoms with Crippen LogP contribution in [0.3, 0.4) is 0 Å². The lowest BCUT2D eigenvalue weighted by Crippen LogP contribution is -2.56. The predicted octanol–water partition coefficient (Wildman–Crippen LogP) is 6.81. The number of benzene rings is 3. The lowest BCUT2D eigenvalue weighted by molar-refractivity contribution is -0.392. The van der Waals surface area contributed by atoms with Gasteiger partial charge in [0.2, 0.25) is 5.91 Å². The number of piperazine rings is 1. The molecule has 9 nitrogen and oxygen atoms in total. The molecule has 4 amide bonds. The first-order chi connectivity index (χ1) is 25.0. The molecule has 3 aromatic carbocycles. The SMILES string of the molecule is CC=Cc1cc(C(OCc2ccccc2)(C(F)(F)F)C(F)(F)F)ccc1N1CCN(C(=O)CN2C(=O)NC(C)(c3ccc4c(c3)OCC4)C2=O)C[C@@H]1C.S. The molecule has 3 aromatic rings. The number of hydrogen-bond acceptors (Lipinski definition) is 6. The smallest absolute Gasteiger partial charge is 0.430 e. The molecule has 3 aliphatic rings. The Balaban J connectivity index is 0.00000561. The molecule has 290 valence electrons. The Hall–Kier alpha value is -4.70. The van der Waals surface area contributed by atoms with Gasteiger partial charge in [0.05, 0.1) is 13.2 Å². The van der Waals surface area contributed by atoms with E-state index in [4.69, 9.17) is 9.47 Å². The molecule has 0 aromatic heterocycles. The zero-order valence-electron chi connectivity index (χ0n) is 29.7. The molecule has 3 heterocycles. The molecule has 1 unspecified atom stereocenters. The summed E-state index contributed by atoms with van der Waals surface area (Å²) < 4.78 is 98.2. The molecule has 2 atom stereocenters. The molecule has 0 radical (unpaired) electrons. The zero-order chi connectivity index (χ0) is 38.3. The van der Waals surface area contributed by atoms with Crippen LogP contribution in [0.25, 0.3) is 6.08 Å². The zero-order valence-corrected chi connectivity index (χ0v) is 30.7. The van der Waals surface area contributed by atoms with E-state index in [1.807, 2.05) is 6.07 Å². The average molecular weight is 779 g/mol.